The smallest absolute Gasteiger partial charge is 0.264 e. The minimum Gasteiger partial charge on any atom is -0.490 e. The van der Waals surface area contributed by atoms with Crippen LogP contribution >= 0.6 is 11.6 Å². The molecular formula is C31H37ClN2O5S. The van der Waals surface area contributed by atoms with Gasteiger partial charge >= 0.3 is 0 Å². The number of nitrogens with zero attached hydrogens (tertiary/aromatic N) is 1. The van der Waals surface area contributed by atoms with E-state index in [9.17, 15) is 18.3 Å². The zero-order valence-corrected chi connectivity index (χ0v) is 24.2. The van der Waals surface area contributed by atoms with Gasteiger partial charge in [0.15, 0.2) is 0 Å². The molecule has 2 bridgehead atoms. The Morgan fingerprint density at radius 1 is 1.05 bits per heavy atom. The topological polar surface area (TPSA) is 95.9 Å². The van der Waals surface area contributed by atoms with Crippen molar-refractivity contribution in [1.82, 2.24) is 4.72 Å². The summed E-state index contributed by atoms with van der Waals surface area (Å²) < 4.78 is 34.8. The van der Waals surface area contributed by atoms with Crippen molar-refractivity contribution in [2.24, 2.45) is 17.8 Å². The van der Waals surface area contributed by atoms with Crippen LogP contribution in [0.2, 0.25) is 5.02 Å². The molecule has 2 N–H and O–H groups in total. The maximum atomic E-state index is 13.2. The second kappa shape index (κ2) is 9.92. The fourth-order valence-electron chi connectivity index (χ4n) is 7.84. The third-order valence-electron chi connectivity index (χ3n) is 10.3. The molecule has 0 saturated heterocycles. The van der Waals surface area contributed by atoms with E-state index in [-0.39, 0.29) is 23.4 Å². The van der Waals surface area contributed by atoms with Crippen molar-refractivity contribution < 1.29 is 23.1 Å². The van der Waals surface area contributed by atoms with Crippen molar-refractivity contribution >= 4 is 33.2 Å². The number of aliphatic hydroxyl groups is 1. The molecule has 2 aromatic rings. The fourth-order valence-corrected chi connectivity index (χ4v) is 9.70. The second-order valence-electron chi connectivity index (χ2n) is 12.8. The van der Waals surface area contributed by atoms with E-state index in [0.29, 0.717) is 36.7 Å². The SMILES string of the molecule is O=C1NS(=O)(=O)[C@@H]2C[C@H]2CCC[C@H](O)[C@@H]2CC[C@H]2CN2C[C@@]3(CCCc4cc(Cl)ccc43)COc3ccc1cc32. The number of hydrogen-bond acceptors (Lipinski definition) is 6. The molecule has 40 heavy (non-hydrogen) atoms. The molecule has 1 spiro atoms. The number of rotatable bonds is 0. The Morgan fingerprint density at radius 2 is 1.93 bits per heavy atom. The number of nitrogens with one attached hydrogen (secondary N) is 1. The number of fused-ring (bicyclic) bond motifs is 5. The van der Waals surface area contributed by atoms with Crippen molar-refractivity contribution in [3.8, 4) is 5.75 Å². The lowest BCUT2D eigenvalue weighted by Crippen LogP contribution is -2.49. The van der Waals surface area contributed by atoms with Gasteiger partial charge in [-0.25, -0.2) is 13.1 Å². The predicted octanol–water partition coefficient (Wildman–Crippen LogP) is 4.83. The van der Waals surface area contributed by atoms with Gasteiger partial charge in [-0.2, -0.15) is 0 Å². The van der Waals surface area contributed by atoms with Crippen molar-refractivity contribution in [3.05, 3.63) is 58.1 Å². The van der Waals surface area contributed by atoms with Gasteiger partial charge in [0.05, 0.1) is 23.6 Å². The van der Waals surface area contributed by atoms with Crippen LogP contribution in [0.15, 0.2) is 36.4 Å². The molecule has 7 rings (SSSR count). The number of benzene rings is 2. The predicted molar refractivity (Wildman–Crippen MR) is 155 cm³/mol. The van der Waals surface area contributed by atoms with Gasteiger partial charge in [-0.1, -0.05) is 24.1 Å². The lowest BCUT2D eigenvalue weighted by molar-refractivity contribution is 0.00891. The molecule has 6 atom stereocenters. The van der Waals surface area contributed by atoms with Gasteiger partial charge < -0.3 is 14.7 Å². The van der Waals surface area contributed by atoms with E-state index < -0.39 is 21.2 Å². The molecule has 0 unspecified atom stereocenters. The number of carbonyl (C=O) groups is 1. The Morgan fingerprint density at radius 3 is 2.75 bits per heavy atom. The van der Waals surface area contributed by atoms with Gasteiger partial charge in [-0.3, -0.25) is 4.79 Å². The van der Waals surface area contributed by atoms with E-state index in [0.717, 1.165) is 68.7 Å². The molecule has 9 heteroatoms. The number of carbonyl (C=O) groups excluding carboxylic acids is 1. The molecule has 214 valence electrons. The Kier molecular flexibility index (Phi) is 6.59. The number of halogens is 1. The average Bonchev–Trinajstić information content (AvgIpc) is 3.70. The third kappa shape index (κ3) is 4.70. The quantitative estimate of drug-likeness (QED) is 0.460. The van der Waals surface area contributed by atoms with Crippen molar-refractivity contribution in [3.63, 3.8) is 0 Å². The minimum absolute atomic E-state index is 0.0583. The molecule has 0 aromatic heterocycles. The number of aliphatic hydroxyl groups excluding tert-OH is 1. The van der Waals surface area contributed by atoms with E-state index in [2.05, 4.69) is 21.8 Å². The summed E-state index contributed by atoms with van der Waals surface area (Å²) in [5.74, 6) is 0.763. The maximum absolute atomic E-state index is 13.2. The zero-order chi connectivity index (χ0) is 27.6. The molecule has 1 amide bonds. The van der Waals surface area contributed by atoms with Gasteiger partial charge in [-0.05, 0) is 111 Å². The van der Waals surface area contributed by atoms with E-state index in [4.69, 9.17) is 16.3 Å². The summed E-state index contributed by atoms with van der Waals surface area (Å²) in [6.45, 7) is 2.00. The van der Waals surface area contributed by atoms with Crippen molar-refractivity contribution in [2.45, 2.75) is 74.6 Å². The summed E-state index contributed by atoms with van der Waals surface area (Å²) in [5.41, 5.74) is 3.44. The maximum Gasteiger partial charge on any atom is 0.264 e. The molecule has 5 aliphatic rings. The van der Waals surface area contributed by atoms with E-state index in [1.54, 1.807) is 12.1 Å². The highest BCUT2D eigenvalue weighted by Crippen LogP contribution is 2.47. The lowest BCUT2D eigenvalue weighted by atomic mass is 9.68. The van der Waals surface area contributed by atoms with Crippen LogP contribution in [0, 0.1) is 17.8 Å². The van der Waals surface area contributed by atoms with Crippen LogP contribution in [0.4, 0.5) is 5.69 Å². The fraction of sp³-hybridized carbons (Fsp3) is 0.581. The van der Waals surface area contributed by atoms with Crippen LogP contribution in [0.5, 0.6) is 5.75 Å². The van der Waals surface area contributed by atoms with Gasteiger partial charge in [0.2, 0.25) is 10.0 Å². The first-order valence-corrected chi connectivity index (χ1v) is 16.7. The lowest BCUT2D eigenvalue weighted by Gasteiger charge is -2.45. The molecule has 2 fully saturated rings. The summed E-state index contributed by atoms with van der Waals surface area (Å²) in [4.78, 5) is 15.6. The van der Waals surface area contributed by atoms with Gasteiger partial charge in [0.1, 0.15) is 5.75 Å². The highest BCUT2D eigenvalue weighted by Gasteiger charge is 2.48. The highest BCUT2D eigenvalue weighted by molar-refractivity contribution is 7.91. The zero-order valence-electron chi connectivity index (χ0n) is 22.6. The Hall–Kier alpha value is -2.29. The van der Waals surface area contributed by atoms with Crippen LogP contribution in [0.1, 0.15) is 72.9 Å². The number of anilines is 1. The van der Waals surface area contributed by atoms with Crippen LogP contribution in [0.25, 0.3) is 0 Å². The number of sulfonamides is 1. The summed E-state index contributed by atoms with van der Waals surface area (Å²) in [6, 6.07) is 11.5. The number of ether oxygens (including phenoxy) is 1. The first-order valence-electron chi connectivity index (χ1n) is 14.8. The van der Waals surface area contributed by atoms with Crippen LogP contribution in [0.3, 0.4) is 0 Å². The third-order valence-corrected chi connectivity index (χ3v) is 12.4. The van der Waals surface area contributed by atoms with E-state index in [1.807, 2.05) is 12.1 Å². The molecule has 7 nitrogen and oxygen atoms in total. The summed E-state index contributed by atoms with van der Waals surface area (Å²) in [5, 5.41) is 11.4. The summed E-state index contributed by atoms with van der Waals surface area (Å²) in [7, 11) is -3.75. The number of amides is 1. The molecule has 3 aliphatic carbocycles. The van der Waals surface area contributed by atoms with Crippen LogP contribution < -0.4 is 14.4 Å². The minimum atomic E-state index is -3.75. The molecule has 2 aliphatic heterocycles. The second-order valence-corrected chi connectivity index (χ2v) is 15.1. The molecule has 2 heterocycles. The standard InChI is InChI=1S/C31H37ClN2O5S/c32-23-8-10-25-19(13-23)4-2-12-31(25)17-34-16-22-6-9-24(22)27(35)5-1-3-20-15-29(20)40(37,38)33-30(36)21-7-11-28(39-18-31)26(34)14-21/h7-8,10-11,13-14,20,22,24,27,29,35H,1-6,9,12,15-18H2,(H,33,36)/t20-,22+,24-,27+,29-,31+/m1/s1. The Balaban J connectivity index is 1.28. The van der Waals surface area contributed by atoms with Crippen LogP contribution in [-0.2, 0) is 21.9 Å². The van der Waals surface area contributed by atoms with Gasteiger partial charge in [-0.15, -0.1) is 0 Å². The monoisotopic (exact) mass is 584 g/mol. The first kappa shape index (κ1) is 26.6. The van der Waals surface area contributed by atoms with Crippen LogP contribution in [-0.4, -0.2) is 50.5 Å². The van der Waals surface area contributed by atoms with Crippen molar-refractivity contribution in [2.75, 3.05) is 24.6 Å². The largest absolute Gasteiger partial charge is 0.490 e. The summed E-state index contributed by atoms with van der Waals surface area (Å²) in [6.07, 6.45) is 7.55. The number of hydrogen-bond donors (Lipinski definition) is 2. The Bertz CT molecular complexity index is 1450. The van der Waals surface area contributed by atoms with E-state index >= 15 is 0 Å². The van der Waals surface area contributed by atoms with E-state index in [1.165, 1.54) is 11.1 Å². The molecule has 2 aromatic carbocycles. The number of aryl methyl sites for hydroxylation is 1. The highest BCUT2D eigenvalue weighted by atomic mass is 35.5. The summed E-state index contributed by atoms with van der Waals surface area (Å²) >= 11 is 6.38. The molecule has 2 saturated carbocycles. The first-order chi connectivity index (χ1) is 19.2. The molecule has 0 radical (unpaired) electrons. The van der Waals surface area contributed by atoms with Gasteiger partial charge in [0.25, 0.3) is 5.91 Å². The Labute approximate surface area is 241 Å². The van der Waals surface area contributed by atoms with Gasteiger partial charge in [0, 0.05) is 29.1 Å². The average molecular weight is 585 g/mol. The normalized spacial score (nSPS) is 34.7. The van der Waals surface area contributed by atoms with Crippen molar-refractivity contribution in [1.29, 1.82) is 0 Å². The molecular weight excluding hydrogens is 548 g/mol.